The van der Waals surface area contributed by atoms with Crippen LogP contribution >= 0.6 is 0 Å². The molecule has 2 amide bonds. The van der Waals surface area contributed by atoms with E-state index >= 15 is 0 Å². The molecule has 0 saturated heterocycles. The van der Waals surface area contributed by atoms with Crippen LogP contribution in [0.4, 0.5) is 5.69 Å². The largest absolute Gasteiger partial charge is 0.359 e. The van der Waals surface area contributed by atoms with Crippen molar-refractivity contribution in [2.45, 2.75) is 44.9 Å². The van der Waals surface area contributed by atoms with Crippen LogP contribution < -0.4 is 10.6 Å². The summed E-state index contributed by atoms with van der Waals surface area (Å²) in [5.74, 6) is 0.723. The van der Waals surface area contributed by atoms with E-state index in [1.54, 1.807) is 7.05 Å². The second-order valence-corrected chi connectivity index (χ2v) is 5.77. The van der Waals surface area contributed by atoms with E-state index in [2.05, 4.69) is 10.6 Å². The molecule has 1 fully saturated rings. The first-order chi connectivity index (χ1) is 10.2. The predicted molar refractivity (Wildman–Crippen MR) is 84.0 cm³/mol. The van der Waals surface area contributed by atoms with E-state index in [0.29, 0.717) is 18.8 Å². The molecule has 0 aliphatic heterocycles. The number of anilines is 1. The Morgan fingerprint density at radius 1 is 1.10 bits per heavy atom. The van der Waals surface area contributed by atoms with Gasteiger partial charge in [0.1, 0.15) is 0 Å². The lowest BCUT2D eigenvalue weighted by atomic mass is 10.0. The maximum atomic E-state index is 11.9. The Kier molecular flexibility index (Phi) is 5.78. The average molecular weight is 288 g/mol. The van der Waals surface area contributed by atoms with Crippen molar-refractivity contribution in [1.82, 2.24) is 5.32 Å². The van der Waals surface area contributed by atoms with Crippen LogP contribution in [0.15, 0.2) is 24.3 Å². The molecule has 21 heavy (non-hydrogen) atoms. The maximum absolute atomic E-state index is 11.9. The second-order valence-electron chi connectivity index (χ2n) is 5.77. The highest BCUT2D eigenvalue weighted by Gasteiger charge is 2.18. The Labute approximate surface area is 126 Å². The van der Waals surface area contributed by atoms with Gasteiger partial charge in [0, 0.05) is 25.6 Å². The summed E-state index contributed by atoms with van der Waals surface area (Å²) in [6, 6.07) is 7.75. The zero-order valence-electron chi connectivity index (χ0n) is 12.7. The minimum absolute atomic E-state index is 0.0453. The summed E-state index contributed by atoms with van der Waals surface area (Å²) in [6.07, 6.45) is 6.74. The Morgan fingerprint density at radius 3 is 2.38 bits per heavy atom. The molecule has 0 unspecified atom stereocenters. The molecule has 4 heteroatoms. The van der Waals surface area contributed by atoms with Crippen LogP contribution in [0.5, 0.6) is 0 Å². The first kappa shape index (κ1) is 15.5. The lowest BCUT2D eigenvalue weighted by Gasteiger charge is -2.10. The lowest BCUT2D eigenvalue weighted by Crippen LogP contribution is -2.18. The van der Waals surface area contributed by atoms with Crippen LogP contribution in [0.25, 0.3) is 0 Å². The van der Waals surface area contributed by atoms with Gasteiger partial charge >= 0.3 is 0 Å². The van der Waals surface area contributed by atoms with Crippen LogP contribution in [-0.4, -0.2) is 18.9 Å². The van der Waals surface area contributed by atoms with Crippen molar-refractivity contribution in [1.29, 1.82) is 0 Å². The van der Waals surface area contributed by atoms with Crippen molar-refractivity contribution in [3.8, 4) is 0 Å². The van der Waals surface area contributed by atoms with Crippen molar-refractivity contribution < 1.29 is 9.59 Å². The highest BCUT2D eigenvalue weighted by atomic mass is 16.2. The smallest absolute Gasteiger partial charge is 0.224 e. The topological polar surface area (TPSA) is 58.2 Å². The molecule has 0 bridgehead atoms. The van der Waals surface area contributed by atoms with E-state index in [9.17, 15) is 9.59 Å². The molecule has 0 radical (unpaired) electrons. The summed E-state index contributed by atoms with van der Waals surface area (Å²) in [7, 11) is 1.64. The molecular weight excluding hydrogens is 264 g/mol. The van der Waals surface area contributed by atoms with Crippen LogP contribution in [0, 0.1) is 5.92 Å². The molecule has 0 spiro atoms. The third-order valence-electron chi connectivity index (χ3n) is 4.11. The summed E-state index contributed by atoms with van der Waals surface area (Å²) in [5.41, 5.74) is 1.94. The first-order valence-electron chi connectivity index (χ1n) is 7.77. The van der Waals surface area contributed by atoms with Gasteiger partial charge in [0.25, 0.3) is 0 Å². The van der Waals surface area contributed by atoms with Crippen LogP contribution in [0.1, 0.15) is 44.1 Å². The number of aryl methyl sites for hydroxylation is 1. The van der Waals surface area contributed by atoms with Crippen molar-refractivity contribution in [2.24, 2.45) is 5.92 Å². The zero-order chi connectivity index (χ0) is 15.1. The third kappa shape index (κ3) is 5.21. The van der Waals surface area contributed by atoms with Gasteiger partial charge in [-0.1, -0.05) is 25.0 Å². The number of benzene rings is 1. The summed E-state index contributed by atoms with van der Waals surface area (Å²) < 4.78 is 0. The lowest BCUT2D eigenvalue weighted by molar-refractivity contribution is -0.120. The Morgan fingerprint density at radius 2 is 1.76 bits per heavy atom. The standard InChI is InChI=1S/C17H24N2O2/c1-18-16(20)11-8-13-6-9-15(10-7-13)19-17(21)12-14-4-2-3-5-14/h6-7,9-10,14H,2-5,8,11-12H2,1H3,(H,18,20)(H,19,21). The summed E-state index contributed by atoms with van der Waals surface area (Å²) in [4.78, 5) is 23.1. The van der Waals surface area contributed by atoms with E-state index in [-0.39, 0.29) is 11.8 Å². The monoisotopic (exact) mass is 288 g/mol. The molecule has 1 saturated carbocycles. The highest BCUT2D eigenvalue weighted by molar-refractivity contribution is 5.90. The van der Waals surface area contributed by atoms with E-state index in [0.717, 1.165) is 17.7 Å². The Balaban J connectivity index is 1.78. The van der Waals surface area contributed by atoms with Gasteiger partial charge < -0.3 is 10.6 Å². The highest BCUT2D eigenvalue weighted by Crippen LogP contribution is 2.27. The number of nitrogens with one attached hydrogen (secondary N) is 2. The maximum Gasteiger partial charge on any atom is 0.224 e. The van der Waals surface area contributed by atoms with Gasteiger partial charge in [-0.15, -0.1) is 0 Å². The van der Waals surface area contributed by atoms with Gasteiger partial charge in [0.15, 0.2) is 0 Å². The Hall–Kier alpha value is -1.84. The molecule has 1 aliphatic carbocycles. The quantitative estimate of drug-likeness (QED) is 0.845. The minimum Gasteiger partial charge on any atom is -0.359 e. The number of rotatable bonds is 6. The molecule has 0 heterocycles. The van der Waals surface area contributed by atoms with Crippen LogP contribution in [0.3, 0.4) is 0 Å². The molecule has 1 aliphatic rings. The summed E-state index contributed by atoms with van der Waals surface area (Å²) >= 11 is 0. The molecule has 4 nitrogen and oxygen atoms in total. The molecule has 1 aromatic rings. The van der Waals surface area contributed by atoms with Crippen molar-refractivity contribution >= 4 is 17.5 Å². The fourth-order valence-electron chi connectivity index (χ4n) is 2.83. The summed E-state index contributed by atoms with van der Waals surface area (Å²) in [5, 5.41) is 5.56. The predicted octanol–water partition coefficient (Wildman–Crippen LogP) is 2.88. The first-order valence-corrected chi connectivity index (χ1v) is 7.77. The zero-order valence-corrected chi connectivity index (χ0v) is 12.7. The van der Waals surface area contributed by atoms with Gasteiger partial charge in [-0.2, -0.15) is 0 Å². The minimum atomic E-state index is 0.0453. The van der Waals surface area contributed by atoms with E-state index in [1.807, 2.05) is 24.3 Å². The SMILES string of the molecule is CNC(=O)CCc1ccc(NC(=O)CC2CCCC2)cc1. The van der Waals surface area contributed by atoms with Gasteiger partial charge in [0.05, 0.1) is 0 Å². The number of carbonyl (C=O) groups excluding carboxylic acids is 2. The van der Waals surface area contributed by atoms with Gasteiger partial charge in [-0.3, -0.25) is 9.59 Å². The van der Waals surface area contributed by atoms with Crippen molar-refractivity contribution in [3.05, 3.63) is 29.8 Å². The Bertz CT molecular complexity index is 476. The van der Waals surface area contributed by atoms with Gasteiger partial charge in [-0.25, -0.2) is 0 Å². The molecular formula is C17H24N2O2. The van der Waals surface area contributed by atoms with Gasteiger partial charge in [0.2, 0.25) is 11.8 Å². The van der Waals surface area contributed by atoms with Gasteiger partial charge in [-0.05, 0) is 42.9 Å². The molecule has 0 aromatic heterocycles. The van der Waals surface area contributed by atoms with E-state index in [4.69, 9.17) is 0 Å². The number of amides is 2. The molecule has 2 N–H and O–H groups in total. The van der Waals surface area contributed by atoms with E-state index < -0.39 is 0 Å². The molecule has 1 aromatic carbocycles. The van der Waals surface area contributed by atoms with E-state index in [1.165, 1.54) is 25.7 Å². The van der Waals surface area contributed by atoms with Crippen LogP contribution in [-0.2, 0) is 16.0 Å². The third-order valence-corrected chi connectivity index (χ3v) is 4.11. The average Bonchev–Trinajstić information content (AvgIpc) is 2.99. The molecule has 114 valence electrons. The fourth-order valence-corrected chi connectivity index (χ4v) is 2.83. The number of carbonyl (C=O) groups is 2. The summed E-state index contributed by atoms with van der Waals surface area (Å²) in [6.45, 7) is 0. The second kappa shape index (κ2) is 7.81. The number of hydrogen-bond acceptors (Lipinski definition) is 2. The fraction of sp³-hybridized carbons (Fsp3) is 0.529. The molecule has 2 rings (SSSR count). The van der Waals surface area contributed by atoms with Crippen LogP contribution in [0.2, 0.25) is 0 Å². The molecule has 0 atom stereocenters. The number of hydrogen-bond donors (Lipinski definition) is 2. The normalized spacial score (nSPS) is 14.9. The van der Waals surface area contributed by atoms with Crippen molar-refractivity contribution in [2.75, 3.05) is 12.4 Å². The van der Waals surface area contributed by atoms with Crippen molar-refractivity contribution in [3.63, 3.8) is 0 Å².